The Morgan fingerprint density at radius 3 is 2.78 bits per heavy atom. The second kappa shape index (κ2) is 11.0. The van der Waals surface area contributed by atoms with Gasteiger partial charge in [0, 0.05) is 38.2 Å². The molecule has 2 aromatic heterocycles. The summed E-state index contributed by atoms with van der Waals surface area (Å²) >= 11 is 0. The third-order valence-corrected chi connectivity index (χ3v) is 3.15. The largest absolute Gasteiger partial charge is 0.357 e. The molecule has 7 heteroatoms. The van der Waals surface area contributed by atoms with Gasteiger partial charge in [0.05, 0.1) is 12.2 Å². The van der Waals surface area contributed by atoms with Crippen molar-refractivity contribution < 1.29 is 0 Å². The molecule has 0 aliphatic carbocycles. The van der Waals surface area contributed by atoms with Crippen LogP contribution in [0.1, 0.15) is 19.5 Å². The molecule has 2 heterocycles. The van der Waals surface area contributed by atoms with Crippen molar-refractivity contribution in [2.75, 3.05) is 13.1 Å². The zero-order valence-electron chi connectivity index (χ0n) is 13.6. The third-order valence-electron chi connectivity index (χ3n) is 3.15. The molecule has 0 bridgehead atoms. The molecule has 0 fully saturated rings. The molecule has 0 saturated heterocycles. The van der Waals surface area contributed by atoms with Crippen molar-refractivity contribution >= 4 is 29.9 Å². The first-order chi connectivity index (χ1) is 10.8. The Balaban J connectivity index is 0.00000264. The van der Waals surface area contributed by atoms with Crippen molar-refractivity contribution in [3.63, 3.8) is 0 Å². The molecule has 0 saturated carbocycles. The van der Waals surface area contributed by atoms with Gasteiger partial charge in [0.25, 0.3) is 0 Å². The van der Waals surface area contributed by atoms with Crippen molar-refractivity contribution in [2.45, 2.75) is 26.9 Å². The number of halogens is 1. The van der Waals surface area contributed by atoms with Crippen molar-refractivity contribution in [1.82, 2.24) is 25.4 Å². The minimum atomic E-state index is 0. The van der Waals surface area contributed by atoms with E-state index in [4.69, 9.17) is 0 Å². The quantitative estimate of drug-likeness (QED) is 0.404. The van der Waals surface area contributed by atoms with Crippen LogP contribution in [0, 0.1) is 5.92 Å². The number of guanidine groups is 1. The number of nitrogens with zero attached hydrogens (tertiary/aromatic N) is 4. The molecule has 1 atom stereocenters. The molecule has 6 nitrogen and oxygen atoms in total. The lowest BCUT2D eigenvalue weighted by atomic mass is 10.2. The molecule has 2 N–H and O–H groups in total. The number of pyridine rings is 1. The minimum absolute atomic E-state index is 0. The molecule has 2 rings (SSSR count). The lowest BCUT2D eigenvalue weighted by Crippen LogP contribution is -2.40. The Morgan fingerprint density at radius 1 is 1.26 bits per heavy atom. The summed E-state index contributed by atoms with van der Waals surface area (Å²) in [6, 6.07) is 7.81. The summed E-state index contributed by atoms with van der Waals surface area (Å²) in [6.45, 7) is 7.39. The lowest BCUT2D eigenvalue weighted by Gasteiger charge is -2.16. The maximum absolute atomic E-state index is 4.56. The van der Waals surface area contributed by atoms with Crippen LogP contribution < -0.4 is 10.6 Å². The molecule has 0 aromatic carbocycles. The van der Waals surface area contributed by atoms with Gasteiger partial charge in [-0.05, 0) is 31.0 Å². The first kappa shape index (κ1) is 19.4. The second-order valence-corrected chi connectivity index (χ2v) is 5.23. The number of rotatable bonds is 7. The van der Waals surface area contributed by atoms with Crippen molar-refractivity contribution in [3.05, 3.63) is 48.5 Å². The highest BCUT2D eigenvalue weighted by atomic mass is 127. The van der Waals surface area contributed by atoms with Gasteiger partial charge in [-0.25, -0.2) is 4.99 Å². The predicted molar refractivity (Wildman–Crippen MR) is 104 cm³/mol. The average Bonchev–Trinajstić information content (AvgIpc) is 3.04. The van der Waals surface area contributed by atoms with Crippen LogP contribution in [0.2, 0.25) is 0 Å². The fraction of sp³-hybridized carbons (Fsp3) is 0.438. The van der Waals surface area contributed by atoms with Crippen LogP contribution in [0.4, 0.5) is 0 Å². The highest BCUT2D eigenvalue weighted by molar-refractivity contribution is 14.0. The van der Waals surface area contributed by atoms with Crippen molar-refractivity contribution in [3.8, 4) is 0 Å². The molecular formula is C16H25IN6. The summed E-state index contributed by atoms with van der Waals surface area (Å²) in [4.78, 5) is 8.84. The molecular weight excluding hydrogens is 403 g/mol. The summed E-state index contributed by atoms with van der Waals surface area (Å²) < 4.78 is 1.95. The first-order valence-electron chi connectivity index (χ1n) is 7.67. The molecule has 126 valence electrons. The molecule has 23 heavy (non-hydrogen) atoms. The summed E-state index contributed by atoms with van der Waals surface area (Å²) in [5, 5.41) is 10.9. The van der Waals surface area contributed by atoms with E-state index in [9.17, 15) is 0 Å². The summed E-state index contributed by atoms with van der Waals surface area (Å²) in [6.07, 6.45) is 5.58. The van der Waals surface area contributed by atoms with Gasteiger partial charge in [0.1, 0.15) is 0 Å². The van der Waals surface area contributed by atoms with Gasteiger partial charge >= 0.3 is 0 Å². The highest BCUT2D eigenvalue weighted by Crippen LogP contribution is 1.99. The van der Waals surface area contributed by atoms with E-state index in [0.29, 0.717) is 12.5 Å². The summed E-state index contributed by atoms with van der Waals surface area (Å²) in [5.41, 5.74) is 0.962. The Morgan fingerprint density at radius 2 is 2.13 bits per heavy atom. The van der Waals surface area contributed by atoms with Gasteiger partial charge < -0.3 is 10.6 Å². The molecule has 0 spiro atoms. The Labute approximate surface area is 154 Å². The van der Waals surface area contributed by atoms with Crippen LogP contribution in [0.25, 0.3) is 0 Å². The normalized spacial score (nSPS) is 12.3. The van der Waals surface area contributed by atoms with Crippen molar-refractivity contribution in [2.24, 2.45) is 10.9 Å². The topological polar surface area (TPSA) is 67.1 Å². The van der Waals surface area contributed by atoms with E-state index >= 15 is 0 Å². The molecule has 0 radical (unpaired) electrons. The fourth-order valence-electron chi connectivity index (χ4n) is 2.06. The SMILES string of the molecule is CCNC(=NCc1ccccn1)NCC(C)Cn1cccn1.I. The number of aromatic nitrogens is 3. The standard InChI is InChI=1S/C16H24N6.HI/c1-3-17-16(20-12-15-7-4-5-8-18-15)19-11-14(2)13-22-10-6-9-21-22;/h4-10,14H,3,11-13H2,1-2H3,(H2,17,19,20);1H. The van der Waals surface area contributed by atoms with Crippen LogP contribution >= 0.6 is 24.0 Å². The fourth-order valence-corrected chi connectivity index (χ4v) is 2.06. The smallest absolute Gasteiger partial charge is 0.191 e. The van der Waals surface area contributed by atoms with E-state index in [1.165, 1.54) is 0 Å². The molecule has 0 amide bonds. The molecule has 1 unspecified atom stereocenters. The van der Waals surface area contributed by atoms with Crippen LogP contribution in [-0.4, -0.2) is 33.8 Å². The van der Waals surface area contributed by atoms with Gasteiger partial charge in [0.2, 0.25) is 0 Å². The monoisotopic (exact) mass is 428 g/mol. The molecule has 2 aromatic rings. The van der Waals surface area contributed by atoms with E-state index < -0.39 is 0 Å². The number of hydrogen-bond donors (Lipinski definition) is 2. The lowest BCUT2D eigenvalue weighted by molar-refractivity contribution is 0.443. The maximum atomic E-state index is 4.56. The maximum Gasteiger partial charge on any atom is 0.191 e. The average molecular weight is 428 g/mol. The van der Waals surface area contributed by atoms with Crippen molar-refractivity contribution in [1.29, 1.82) is 0 Å². The van der Waals surface area contributed by atoms with Crippen LogP contribution in [0.5, 0.6) is 0 Å². The first-order valence-corrected chi connectivity index (χ1v) is 7.67. The molecule has 0 aliphatic heterocycles. The zero-order valence-corrected chi connectivity index (χ0v) is 16.0. The van der Waals surface area contributed by atoms with E-state index in [1.807, 2.05) is 35.1 Å². The predicted octanol–water partition coefficient (Wildman–Crippen LogP) is 2.29. The Hall–Kier alpha value is -1.64. The second-order valence-electron chi connectivity index (χ2n) is 5.23. The minimum Gasteiger partial charge on any atom is -0.357 e. The van der Waals surface area contributed by atoms with Crippen LogP contribution in [-0.2, 0) is 13.1 Å². The van der Waals surface area contributed by atoms with Crippen LogP contribution in [0.15, 0.2) is 47.8 Å². The van der Waals surface area contributed by atoms with Gasteiger partial charge in [-0.3, -0.25) is 9.67 Å². The number of aliphatic imine (C=N–C) groups is 1. The molecule has 0 aliphatic rings. The summed E-state index contributed by atoms with van der Waals surface area (Å²) in [5.74, 6) is 1.28. The third kappa shape index (κ3) is 7.45. The zero-order chi connectivity index (χ0) is 15.6. The van der Waals surface area contributed by atoms with Gasteiger partial charge in [-0.1, -0.05) is 13.0 Å². The van der Waals surface area contributed by atoms with E-state index in [2.05, 4.69) is 39.6 Å². The Bertz CT molecular complexity index is 555. The summed E-state index contributed by atoms with van der Waals surface area (Å²) in [7, 11) is 0. The van der Waals surface area contributed by atoms with E-state index in [1.54, 1.807) is 12.4 Å². The van der Waals surface area contributed by atoms with Gasteiger partial charge in [-0.2, -0.15) is 5.10 Å². The number of hydrogen-bond acceptors (Lipinski definition) is 3. The van der Waals surface area contributed by atoms with Gasteiger partial charge in [-0.15, -0.1) is 24.0 Å². The highest BCUT2D eigenvalue weighted by Gasteiger charge is 2.05. The Kier molecular flexibility index (Phi) is 9.27. The van der Waals surface area contributed by atoms with Gasteiger partial charge in [0.15, 0.2) is 5.96 Å². The number of nitrogens with one attached hydrogen (secondary N) is 2. The van der Waals surface area contributed by atoms with E-state index in [0.717, 1.165) is 31.3 Å². The van der Waals surface area contributed by atoms with E-state index in [-0.39, 0.29) is 24.0 Å². The van der Waals surface area contributed by atoms with Crippen LogP contribution in [0.3, 0.4) is 0 Å².